The van der Waals surface area contributed by atoms with E-state index in [-0.39, 0.29) is 36.1 Å². The second kappa shape index (κ2) is 6.82. The van der Waals surface area contributed by atoms with Crippen LogP contribution in [-0.4, -0.2) is 26.7 Å². The molecule has 1 aliphatic carbocycles. The number of hydrogen-bond donors (Lipinski definition) is 2. The summed E-state index contributed by atoms with van der Waals surface area (Å²) >= 11 is 1.46. The molecule has 0 aliphatic heterocycles. The van der Waals surface area contributed by atoms with Crippen molar-refractivity contribution in [2.75, 3.05) is 17.2 Å². The van der Waals surface area contributed by atoms with Gasteiger partial charge in [0.1, 0.15) is 0 Å². The number of aromatic nitrogens is 3. The number of nitrogens with two attached hydrogens (primary N) is 2. The lowest BCUT2D eigenvalue weighted by Gasteiger charge is -2.06. The normalized spacial score (nSPS) is 12.9. The Balaban J connectivity index is 1.49. The largest absolute Gasteiger partial charge is 0.457 e. The Morgan fingerprint density at radius 1 is 1.13 bits per heavy atom. The van der Waals surface area contributed by atoms with Gasteiger partial charge >= 0.3 is 5.97 Å². The number of aryl methyl sites for hydroxylation is 2. The van der Waals surface area contributed by atoms with Crippen LogP contribution in [0, 0.1) is 0 Å². The van der Waals surface area contributed by atoms with E-state index >= 15 is 0 Å². The quantitative estimate of drug-likeness (QED) is 0.623. The number of anilines is 2. The summed E-state index contributed by atoms with van der Waals surface area (Å²) < 4.78 is 5.13. The van der Waals surface area contributed by atoms with Crippen LogP contribution in [-0.2, 0) is 29.0 Å². The zero-order valence-electron chi connectivity index (χ0n) is 12.5. The van der Waals surface area contributed by atoms with Crippen molar-refractivity contribution in [3.05, 3.63) is 35.2 Å². The molecular weight excluding hydrogens is 314 g/mol. The summed E-state index contributed by atoms with van der Waals surface area (Å²) in [7, 11) is 0. The highest BCUT2D eigenvalue weighted by atomic mass is 32.2. The van der Waals surface area contributed by atoms with Gasteiger partial charge < -0.3 is 16.2 Å². The van der Waals surface area contributed by atoms with Crippen LogP contribution < -0.4 is 11.5 Å². The highest BCUT2D eigenvalue weighted by Gasteiger charge is 2.12. The zero-order chi connectivity index (χ0) is 16.2. The minimum atomic E-state index is -0.340. The summed E-state index contributed by atoms with van der Waals surface area (Å²) in [5.74, 6) is 0.153. The second-order valence-corrected chi connectivity index (χ2v) is 6.25. The highest BCUT2D eigenvalue weighted by molar-refractivity contribution is 8.00. The molecule has 1 aromatic carbocycles. The number of benzene rings is 1. The van der Waals surface area contributed by atoms with Crippen LogP contribution in [0.25, 0.3) is 0 Å². The van der Waals surface area contributed by atoms with E-state index in [1.165, 1.54) is 29.3 Å². The first kappa shape index (κ1) is 15.5. The molecule has 0 saturated heterocycles. The van der Waals surface area contributed by atoms with Gasteiger partial charge in [-0.2, -0.15) is 15.0 Å². The molecule has 1 aromatic heterocycles. The van der Waals surface area contributed by atoms with Gasteiger partial charge in [-0.25, -0.2) is 0 Å². The number of nitrogen functional groups attached to an aromatic ring is 2. The van der Waals surface area contributed by atoms with Crippen molar-refractivity contribution < 1.29 is 9.53 Å². The van der Waals surface area contributed by atoms with Crippen LogP contribution in [0.4, 0.5) is 11.9 Å². The molecule has 0 fully saturated rings. The molecule has 23 heavy (non-hydrogen) atoms. The first-order valence-corrected chi connectivity index (χ1v) is 8.25. The molecule has 0 bridgehead atoms. The second-order valence-electron chi connectivity index (χ2n) is 5.20. The first-order chi connectivity index (χ1) is 11.1. The lowest BCUT2D eigenvalue weighted by atomic mass is 10.1. The average molecular weight is 331 g/mol. The van der Waals surface area contributed by atoms with Crippen molar-refractivity contribution in [3.8, 4) is 0 Å². The summed E-state index contributed by atoms with van der Waals surface area (Å²) in [6.07, 6.45) is 3.49. The Morgan fingerprint density at radius 2 is 1.87 bits per heavy atom. The van der Waals surface area contributed by atoms with Crippen molar-refractivity contribution in [1.82, 2.24) is 15.0 Å². The fourth-order valence-electron chi connectivity index (χ4n) is 2.49. The lowest BCUT2D eigenvalue weighted by Crippen LogP contribution is -2.12. The van der Waals surface area contributed by atoms with Crippen LogP contribution in [0.15, 0.2) is 23.1 Å². The molecule has 2 aromatic rings. The molecule has 1 aliphatic rings. The van der Waals surface area contributed by atoms with E-state index in [2.05, 4.69) is 33.2 Å². The van der Waals surface area contributed by atoms with E-state index in [1.54, 1.807) is 0 Å². The summed E-state index contributed by atoms with van der Waals surface area (Å²) in [6.45, 7) is -0.0689. The minimum absolute atomic E-state index is 0.0102. The number of nitrogens with zero attached hydrogens (tertiary/aromatic N) is 3. The van der Waals surface area contributed by atoms with Gasteiger partial charge in [0.2, 0.25) is 11.9 Å². The molecule has 0 spiro atoms. The van der Waals surface area contributed by atoms with Gasteiger partial charge in [-0.3, -0.25) is 4.79 Å². The summed E-state index contributed by atoms with van der Waals surface area (Å²) in [6, 6.07) is 6.36. The van der Waals surface area contributed by atoms with Crippen LogP contribution in [0.1, 0.15) is 23.4 Å². The predicted molar refractivity (Wildman–Crippen MR) is 87.6 cm³/mol. The van der Waals surface area contributed by atoms with Crippen LogP contribution in [0.3, 0.4) is 0 Å². The van der Waals surface area contributed by atoms with E-state index in [1.807, 2.05) is 0 Å². The summed E-state index contributed by atoms with van der Waals surface area (Å²) in [5, 5.41) is 0. The SMILES string of the molecule is Nc1nc(N)nc(COC(=O)CSc2ccc3c(c2)CCC3)n1. The third kappa shape index (κ3) is 4.10. The standard InChI is InChI=1S/C15H17N5O2S/c16-14-18-12(19-15(17)20-14)7-22-13(21)8-23-11-5-4-9-2-1-3-10(9)6-11/h4-6H,1-3,7-8H2,(H4,16,17,18,19,20). The Kier molecular flexibility index (Phi) is 4.61. The summed E-state index contributed by atoms with van der Waals surface area (Å²) in [5.41, 5.74) is 13.7. The maximum Gasteiger partial charge on any atom is 0.316 e. The van der Waals surface area contributed by atoms with Gasteiger partial charge in [0.15, 0.2) is 12.4 Å². The van der Waals surface area contributed by atoms with Crippen molar-refractivity contribution >= 4 is 29.6 Å². The van der Waals surface area contributed by atoms with Gasteiger partial charge in [-0.1, -0.05) is 6.07 Å². The number of ether oxygens (including phenoxy) is 1. The molecule has 0 radical (unpaired) electrons. The van der Waals surface area contributed by atoms with Crippen molar-refractivity contribution in [2.45, 2.75) is 30.8 Å². The Hall–Kier alpha value is -2.35. The van der Waals surface area contributed by atoms with Gasteiger partial charge in [-0.05, 0) is 42.5 Å². The Bertz CT molecular complexity index is 718. The molecule has 1 heterocycles. The number of carbonyl (C=O) groups excluding carboxylic acids is 1. The lowest BCUT2D eigenvalue weighted by molar-refractivity contribution is -0.141. The third-order valence-corrected chi connectivity index (χ3v) is 4.47. The monoisotopic (exact) mass is 331 g/mol. The van der Waals surface area contributed by atoms with E-state index in [4.69, 9.17) is 16.2 Å². The fourth-order valence-corrected chi connectivity index (χ4v) is 3.25. The molecule has 0 amide bonds. The van der Waals surface area contributed by atoms with Crippen molar-refractivity contribution in [1.29, 1.82) is 0 Å². The topological polar surface area (TPSA) is 117 Å². The van der Waals surface area contributed by atoms with Crippen molar-refractivity contribution in [2.24, 2.45) is 0 Å². The smallest absolute Gasteiger partial charge is 0.316 e. The Morgan fingerprint density at radius 3 is 2.65 bits per heavy atom. The number of hydrogen-bond acceptors (Lipinski definition) is 8. The molecule has 3 rings (SSSR count). The highest BCUT2D eigenvalue weighted by Crippen LogP contribution is 2.27. The maximum absolute atomic E-state index is 11.8. The van der Waals surface area contributed by atoms with E-state index < -0.39 is 0 Å². The maximum atomic E-state index is 11.8. The zero-order valence-corrected chi connectivity index (χ0v) is 13.3. The third-order valence-electron chi connectivity index (χ3n) is 3.51. The van der Waals surface area contributed by atoms with Crippen molar-refractivity contribution in [3.63, 3.8) is 0 Å². The number of rotatable bonds is 5. The molecule has 8 heteroatoms. The first-order valence-electron chi connectivity index (χ1n) is 7.26. The van der Waals surface area contributed by atoms with Gasteiger partial charge in [0, 0.05) is 4.90 Å². The number of fused-ring (bicyclic) bond motifs is 1. The molecule has 120 valence electrons. The molecule has 4 N–H and O–H groups in total. The van der Waals surface area contributed by atoms with E-state index in [0.29, 0.717) is 0 Å². The minimum Gasteiger partial charge on any atom is -0.457 e. The predicted octanol–water partition coefficient (Wildman–Crippen LogP) is 1.36. The molecule has 0 saturated carbocycles. The molecular formula is C15H17N5O2S. The van der Waals surface area contributed by atoms with Crippen LogP contribution in [0.5, 0.6) is 0 Å². The van der Waals surface area contributed by atoms with Gasteiger partial charge in [0.05, 0.1) is 5.75 Å². The van der Waals surface area contributed by atoms with E-state index in [0.717, 1.165) is 17.7 Å². The van der Waals surface area contributed by atoms with Crippen LogP contribution in [0.2, 0.25) is 0 Å². The molecule has 0 unspecified atom stereocenters. The van der Waals surface area contributed by atoms with E-state index in [9.17, 15) is 4.79 Å². The average Bonchev–Trinajstić information content (AvgIpc) is 2.97. The van der Waals surface area contributed by atoms with Gasteiger partial charge in [0.25, 0.3) is 0 Å². The summed E-state index contributed by atoms with van der Waals surface area (Å²) in [4.78, 5) is 24.3. The number of carbonyl (C=O) groups is 1. The molecule has 7 nitrogen and oxygen atoms in total. The number of esters is 1. The fraction of sp³-hybridized carbons (Fsp3) is 0.333. The van der Waals surface area contributed by atoms with Gasteiger partial charge in [-0.15, -0.1) is 11.8 Å². The molecule has 0 atom stereocenters. The van der Waals surface area contributed by atoms with Crippen LogP contribution >= 0.6 is 11.8 Å². The number of thioether (sulfide) groups is 1. The Labute approximate surface area is 137 Å².